The lowest BCUT2D eigenvalue weighted by atomic mass is 10.0. The first kappa shape index (κ1) is 31.6. The molecule has 1 heterocycles. The van der Waals surface area contributed by atoms with E-state index in [1.807, 2.05) is 0 Å². The predicted octanol–water partition coefficient (Wildman–Crippen LogP) is 2.20. The summed E-state index contributed by atoms with van der Waals surface area (Å²) >= 11 is 6.28. The summed E-state index contributed by atoms with van der Waals surface area (Å²) < 4.78 is 21.5. The van der Waals surface area contributed by atoms with Gasteiger partial charge in [-0.2, -0.15) is 5.10 Å². The third-order valence-electron chi connectivity index (χ3n) is 5.96. The molecular formula is C28H32ClN3O9. The van der Waals surface area contributed by atoms with Crippen LogP contribution in [-0.4, -0.2) is 90.6 Å². The minimum absolute atomic E-state index is 0.0234. The third-order valence-corrected chi connectivity index (χ3v) is 6.33. The summed E-state index contributed by atoms with van der Waals surface area (Å²) in [6.45, 7) is 0.730. The number of aromatic carboxylic acids is 1. The van der Waals surface area contributed by atoms with Gasteiger partial charge in [-0.3, -0.25) is 9.48 Å². The number of nitrogens with zero attached hydrogens (tertiary/aromatic N) is 2. The number of carbonyl (C=O) groups excluding carboxylic acids is 2. The fourth-order valence-corrected chi connectivity index (χ4v) is 4.02. The van der Waals surface area contributed by atoms with Crippen LogP contribution in [0.2, 0.25) is 5.02 Å². The van der Waals surface area contributed by atoms with E-state index in [1.54, 1.807) is 48.5 Å². The van der Waals surface area contributed by atoms with Gasteiger partial charge in [0.25, 0.3) is 5.91 Å². The number of carbonyl (C=O) groups is 3. The van der Waals surface area contributed by atoms with Gasteiger partial charge in [-0.15, -0.1) is 0 Å². The van der Waals surface area contributed by atoms with Crippen molar-refractivity contribution in [3.63, 3.8) is 0 Å². The second-order valence-electron chi connectivity index (χ2n) is 8.82. The Morgan fingerprint density at radius 1 is 1.02 bits per heavy atom. The minimum Gasteiger partial charge on any atom is -0.497 e. The number of aromatic nitrogens is 2. The van der Waals surface area contributed by atoms with Crippen molar-refractivity contribution in [1.29, 1.82) is 0 Å². The summed E-state index contributed by atoms with van der Waals surface area (Å²) in [7, 11) is 3.06. The molecule has 3 N–H and O–H groups in total. The number of aliphatic hydroxyl groups is 1. The number of halogens is 1. The molecule has 0 aliphatic heterocycles. The van der Waals surface area contributed by atoms with E-state index >= 15 is 0 Å². The second kappa shape index (κ2) is 15.7. The molecule has 2 aromatic carbocycles. The number of esters is 1. The first-order valence-electron chi connectivity index (χ1n) is 12.6. The van der Waals surface area contributed by atoms with Crippen LogP contribution in [0.3, 0.4) is 0 Å². The van der Waals surface area contributed by atoms with Crippen LogP contribution in [0.15, 0.2) is 54.6 Å². The van der Waals surface area contributed by atoms with Crippen LogP contribution >= 0.6 is 11.6 Å². The van der Waals surface area contributed by atoms with Gasteiger partial charge in [0.15, 0.2) is 11.8 Å². The first-order valence-corrected chi connectivity index (χ1v) is 13.0. The molecule has 220 valence electrons. The molecule has 3 rings (SSSR count). The van der Waals surface area contributed by atoms with Gasteiger partial charge < -0.3 is 34.5 Å². The highest BCUT2D eigenvalue weighted by Crippen LogP contribution is 2.19. The topological polar surface area (TPSA) is 158 Å². The summed E-state index contributed by atoms with van der Waals surface area (Å²) in [6, 6.07) is 13.6. The fourth-order valence-electron chi connectivity index (χ4n) is 3.80. The maximum absolute atomic E-state index is 13.2. The number of benzene rings is 2. The normalized spacial score (nSPS) is 12.4. The lowest BCUT2D eigenvalue weighted by Crippen LogP contribution is -2.49. The zero-order chi connectivity index (χ0) is 29.8. The van der Waals surface area contributed by atoms with Crippen molar-refractivity contribution in [2.24, 2.45) is 0 Å². The number of ether oxygens (including phenoxy) is 4. The smallest absolute Gasteiger partial charge is 0.354 e. The Hall–Kier alpha value is -3.97. The van der Waals surface area contributed by atoms with Crippen LogP contribution in [-0.2, 0) is 32.0 Å². The molecule has 0 aliphatic carbocycles. The Morgan fingerprint density at radius 3 is 2.39 bits per heavy atom. The Balaban J connectivity index is 1.77. The van der Waals surface area contributed by atoms with Crippen molar-refractivity contribution in [2.75, 3.05) is 40.6 Å². The van der Waals surface area contributed by atoms with Crippen LogP contribution in [0.4, 0.5) is 0 Å². The lowest BCUT2D eigenvalue weighted by molar-refractivity contribution is -0.156. The van der Waals surface area contributed by atoms with Crippen molar-refractivity contribution in [1.82, 2.24) is 15.1 Å². The number of carboxylic acids is 1. The Labute approximate surface area is 241 Å². The number of hydrogen-bond acceptors (Lipinski definition) is 9. The first-order chi connectivity index (χ1) is 19.7. The molecular weight excluding hydrogens is 558 g/mol. The number of rotatable bonds is 16. The quantitative estimate of drug-likeness (QED) is 0.167. The molecule has 0 fully saturated rings. The molecule has 0 spiro atoms. The van der Waals surface area contributed by atoms with Gasteiger partial charge in [0.1, 0.15) is 18.1 Å². The van der Waals surface area contributed by atoms with E-state index in [0.29, 0.717) is 29.5 Å². The van der Waals surface area contributed by atoms with E-state index in [2.05, 4.69) is 10.4 Å². The van der Waals surface area contributed by atoms with Crippen LogP contribution in [0.25, 0.3) is 0 Å². The fraction of sp³-hybridized carbons (Fsp3) is 0.357. The number of amides is 1. The molecule has 0 aliphatic rings. The molecule has 1 amide bonds. The van der Waals surface area contributed by atoms with Crippen molar-refractivity contribution in [3.8, 4) is 5.75 Å². The van der Waals surface area contributed by atoms with E-state index in [0.717, 1.165) is 11.6 Å². The standard InChI is InChI=1S/C28H32ClN3O9/c1-38-11-12-40-13-14-41-28(37)25(33)22(15-19-5-3-4-6-21(19)29)30-26(34)23-16-24(27(35)36)32(31-23)17-18-7-9-20(39-2)10-8-18/h3-10,16,22,25,33H,11-15,17H2,1-2H3,(H,30,34)(H,35,36)/t22-,25-/m1/s1. The van der Waals surface area contributed by atoms with E-state index in [-0.39, 0.29) is 37.6 Å². The molecule has 0 saturated heterocycles. The summed E-state index contributed by atoms with van der Waals surface area (Å²) in [4.78, 5) is 37.7. The highest BCUT2D eigenvalue weighted by Gasteiger charge is 2.31. The number of hydrogen-bond donors (Lipinski definition) is 3. The largest absolute Gasteiger partial charge is 0.497 e. The SMILES string of the molecule is COCCOCCOC(=O)[C@H](O)[C@@H](Cc1ccccc1Cl)NC(=O)c1cc(C(=O)O)n(Cc2ccc(OC)cc2)n1. The van der Waals surface area contributed by atoms with E-state index in [1.165, 1.54) is 18.9 Å². The molecule has 1 aromatic heterocycles. The zero-order valence-electron chi connectivity index (χ0n) is 22.6. The van der Waals surface area contributed by atoms with Crippen LogP contribution < -0.4 is 10.1 Å². The third kappa shape index (κ3) is 9.29. The summed E-state index contributed by atoms with van der Waals surface area (Å²) in [5, 5.41) is 27.7. The molecule has 0 saturated carbocycles. The van der Waals surface area contributed by atoms with Crippen molar-refractivity contribution in [3.05, 3.63) is 82.1 Å². The predicted molar refractivity (Wildman–Crippen MR) is 147 cm³/mol. The molecule has 2 atom stereocenters. The molecule has 0 radical (unpaired) electrons. The number of aliphatic hydroxyl groups excluding tert-OH is 1. The highest BCUT2D eigenvalue weighted by atomic mass is 35.5. The zero-order valence-corrected chi connectivity index (χ0v) is 23.4. The Morgan fingerprint density at radius 2 is 1.73 bits per heavy atom. The average molecular weight is 590 g/mol. The van der Waals surface area contributed by atoms with E-state index in [9.17, 15) is 24.6 Å². The Kier molecular flexibility index (Phi) is 12.1. The number of carboxylic acid groups (broad SMARTS) is 1. The molecule has 12 nitrogen and oxygen atoms in total. The van der Waals surface area contributed by atoms with Crippen molar-refractivity contribution >= 4 is 29.4 Å². The van der Waals surface area contributed by atoms with Crippen LogP contribution in [0.5, 0.6) is 5.75 Å². The molecule has 0 unspecified atom stereocenters. The Bertz CT molecular complexity index is 1310. The summed E-state index contributed by atoms with van der Waals surface area (Å²) in [6.07, 6.45) is -1.79. The number of methoxy groups -OCH3 is 2. The van der Waals surface area contributed by atoms with Crippen molar-refractivity contribution in [2.45, 2.75) is 25.1 Å². The molecule has 0 bridgehead atoms. The molecule has 3 aromatic rings. The van der Waals surface area contributed by atoms with Gasteiger partial charge in [0.2, 0.25) is 0 Å². The minimum atomic E-state index is -1.77. The van der Waals surface area contributed by atoms with Crippen molar-refractivity contribution < 1.29 is 43.5 Å². The summed E-state index contributed by atoms with van der Waals surface area (Å²) in [5.74, 6) is -2.43. The van der Waals surface area contributed by atoms with Gasteiger partial charge in [-0.25, -0.2) is 9.59 Å². The monoisotopic (exact) mass is 589 g/mol. The highest BCUT2D eigenvalue weighted by molar-refractivity contribution is 6.31. The average Bonchev–Trinajstić information content (AvgIpc) is 3.40. The number of nitrogens with one attached hydrogen (secondary N) is 1. The van der Waals surface area contributed by atoms with Gasteiger partial charge in [0.05, 0.1) is 39.5 Å². The lowest BCUT2D eigenvalue weighted by Gasteiger charge is -2.23. The van der Waals surface area contributed by atoms with Crippen LogP contribution in [0.1, 0.15) is 32.1 Å². The van der Waals surface area contributed by atoms with Gasteiger partial charge >= 0.3 is 11.9 Å². The van der Waals surface area contributed by atoms with Gasteiger partial charge in [-0.1, -0.05) is 41.9 Å². The maximum atomic E-state index is 13.2. The van der Waals surface area contributed by atoms with Crippen LogP contribution in [0, 0.1) is 0 Å². The second-order valence-corrected chi connectivity index (χ2v) is 9.23. The molecule has 41 heavy (non-hydrogen) atoms. The van der Waals surface area contributed by atoms with Gasteiger partial charge in [0, 0.05) is 18.2 Å². The molecule has 13 heteroatoms. The van der Waals surface area contributed by atoms with E-state index in [4.69, 9.17) is 30.5 Å². The van der Waals surface area contributed by atoms with E-state index < -0.39 is 30.0 Å². The van der Waals surface area contributed by atoms with Gasteiger partial charge in [-0.05, 0) is 35.7 Å². The summed E-state index contributed by atoms with van der Waals surface area (Å²) in [5.41, 5.74) is 0.851. The maximum Gasteiger partial charge on any atom is 0.354 e.